The fourth-order valence-corrected chi connectivity index (χ4v) is 3.47. The topological polar surface area (TPSA) is 62.3 Å². The molecule has 19 heavy (non-hydrogen) atoms. The number of rotatable bonds is 8. The van der Waals surface area contributed by atoms with E-state index in [9.17, 15) is 8.42 Å². The van der Waals surface area contributed by atoms with Crippen LogP contribution in [0.3, 0.4) is 0 Å². The molecule has 1 rings (SSSR count). The van der Waals surface area contributed by atoms with Gasteiger partial charge in [-0.1, -0.05) is 19.9 Å². The van der Waals surface area contributed by atoms with Gasteiger partial charge >= 0.3 is 0 Å². The number of hydrogen-bond acceptors (Lipinski definition) is 4. The van der Waals surface area contributed by atoms with Crippen LogP contribution in [-0.4, -0.2) is 43.9 Å². The van der Waals surface area contributed by atoms with Gasteiger partial charge < -0.3 is 5.32 Å². The Bertz CT molecular complexity index is 458. The maximum absolute atomic E-state index is 12.4. The average Bonchev–Trinajstić information content (AvgIpc) is 2.40. The number of nitrogens with one attached hydrogen (secondary N) is 1. The van der Waals surface area contributed by atoms with E-state index in [1.807, 2.05) is 20.9 Å². The molecule has 1 aromatic heterocycles. The van der Waals surface area contributed by atoms with Gasteiger partial charge in [0.05, 0.1) is 5.75 Å². The summed E-state index contributed by atoms with van der Waals surface area (Å²) in [7, 11) is -1.43. The van der Waals surface area contributed by atoms with E-state index < -0.39 is 10.0 Å². The van der Waals surface area contributed by atoms with Crippen molar-refractivity contribution in [3.63, 3.8) is 0 Å². The van der Waals surface area contributed by atoms with Crippen LogP contribution in [0.5, 0.6) is 0 Å². The van der Waals surface area contributed by atoms with Gasteiger partial charge in [0.1, 0.15) is 0 Å². The second-order valence-electron chi connectivity index (χ2n) is 4.46. The van der Waals surface area contributed by atoms with Gasteiger partial charge in [0.2, 0.25) is 10.0 Å². The highest BCUT2D eigenvalue weighted by Crippen LogP contribution is 2.11. The lowest BCUT2D eigenvalue weighted by molar-refractivity contribution is 0.368. The maximum atomic E-state index is 12.4. The lowest BCUT2D eigenvalue weighted by atomic mass is 10.2. The Kier molecular flexibility index (Phi) is 6.41. The van der Waals surface area contributed by atoms with Crippen LogP contribution in [0, 0.1) is 0 Å². The van der Waals surface area contributed by atoms with Gasteiger partial charge in [-0.2, -0.15) is 0 Å². The summed E-state index contributed by atoms with van der Waals surface area (Å²) in [6, 6.07) is 3.72. The Morgan fingerprint density at radius 3 is 2.63 bits per heavy atom. The predicted octanol–water partition coefficient (Wildman–Crippen LogP) is 1.23. The van der Waals surface area contributed by atoms with Crippen LogP contribution in [0.2, 0.25) is 0 Å². The number of aromatic nitrogens is 1. The quantitative estimate of drug-likeness (QED) is 0.780. The molecule has 0 amide bonds. The van der Waals surface area contributed by atoms with Crippen molar-refractivity contribution in [2.24, 2.45) is 0 Å². The highest BCUT2D eigenvalue weighted by Gasteiger charge is 2.23. The monoisotopic (exact) mass is 285 g/mol. The van der Waals surface area contributed by atoms with Gasteiger partial charge in [-0.15, -0.1) is 0 Å². The summed E-state index contributed by atoms with van der Waals surface area (Å²) in [5.74, 6) is 0.00876. The van der Waals surface area contributed by atoms with Crippen LogP contribution in [0.4, 0.5) is 0 Å². The van der Waals surface area contributed by atoms with Gasteiger partial charge in [0.25, 0.3) is 0 Å². The van der Waals surface area contributed by atoms with Crippen LogP contribution in [-0.2, 0) is 15.8 Å². The van der Waals surface area contributed by atoms with Crippen LogP contribution in [0.1, 0.15) is 25.8 Å². The average molecular weight is 285 g/mol. The van der Waals surface area contributed by atoms with Crippen LogP contribution in [0.25, 0.3) is 0 Å². The zero-order valence-electron chi connectivity index (χ0n) is 11.8. The first-order chi connectivity index (χ1) is 9.03. The van der Waals surface area contributed by atoms with Crippen LogP contribution < -0.4 is 5.32 Å². The molecule has 1 atom stereocenters. The molecule has 0 aliphatic carbocycles. The zero-order chi connectivity index (χ0) is 14.3. The minimum absolute atomic E-state index is 0.00876. The molecular weight excluding hydrogens is 262 g/mol. The van der Waals surface area contributed by atoms with Crippen molar-refractivity contribution in [1.29, 1.82) is 0 Å². The molecule has 0 radical (unpaired) electrons. The Morgan fingerprint density at radius 2 is 2.16 bits per heavy atom. The summed E-state index contributed by atoms with van der Waals surface area (Å²) < 4.78 is 26.3. The molecular formula is C13H23N3O2S. The second-order valence-corrected chi connectivity index (χ2v) is 6.43. The number of pyridine rings is 1. The number of nitrogens with zero attached hydrogens (tertiary/aromatic N) is 2. The van der Waals surface area contributed by atoms with Crippen molar-refractivity contribution >= 4 is 10.0 Å². The molecule has 1 heterocycles. The minimum atomic E-state index is -3.29. The summed E-state index contributed by atoms with van der Waals surface area (Å²) in [5, 5.41) is 3.13. The highest BCUT2D eigenvalue weighted by molar-refractivity contribution is 7.88. The van der Waals surface area contributed by atoms with E-state index in [1.165, 1.54) is 4.31 Å². The molecule has 1 aromatic rings. The minimum Gasteiger partial charge on any atom is -0.316 e. The van der Waals surface area contributed by atoms with Crippen molar-refractivity contribution in [3.8, 4) is 0 Å². The van der Waals surface area contributed by atoms with E-state index in [4.69, 9.17) is 0 Å². The molecule has 108 valence electrons. The molecule has 0 saturated carbocycles. The lowest BCUT2D eigenvalue weighted by Gasteiger charge is -2.25. The van der Waals surface area contributed by atoms with Gasteiger partial charge in [0.15, 0.2) is 0 Å². The maximum Gasteiger partial charge on any atom is 0.218 e. The molecule has 0 aliphatic heterocycles. The van der Waals surface area contributed by atoms with E-state index in [0.29, 0.717) is 13.1 Å². The number of likely N-dealkylation sites (N-methyl/N-ethyl adjacent to an activating group) is 2. The molecule has 0 saturated heterocycles. The zero-order valence-corrected chi connectivity index (χ0v) is 12.7. The SMILES string of the molecule is CC[C@@H](CN(CC)S(=O)(=O)Cc1cccnc1)NC. The first-order valence-corrected chi connectivity index (χ1v) is 8.18. The Hall–Kier alpha value is -0.980. The van der Waals surface area contributed by atoms with Crippen molar-refractivity contribution in [2.45, 2.75) is 32.1 Å². The number of sulfonamides is 1. The summed E-state index contributed by atoms with van der Waals surface area (Å²) in [5.41, 5.74) is 0.721. The summed E-state index contributed by atoms with van der Waals surface area (Å²) in [4.78, 5) is 3.95. The normalized spacial score (nSPS) is 13.7. The molecule has 0 bridgehead atoms. The standard InChI is InChI=1S/C13H23N3O2S/c1-4-13(14-3)10-16(5-2)19(17,18)11-12-7-6-8-15-9-12/h6-9,13-14H,4-5,10-11H2,1-3H3/t13-/m0/s1. The van der Waals surface area contributed by atoms with E-state index in [1.54, 1.807) is 24.5 Å². The van der Waals surface area contributed by atoms with Gasteiger partial charge in [-0.25, -0.2) is 12.7 Å². The van der Waals surface area contributed by atoms with E-state index in [0.717, 1.165) is 12.0 Å². The smallest absolute Gasteiger partial charge is 0.218 e. The third-order valence-corrected chi connectivity index (χ3v) is 5.04. The van der Waals surface area contributed by atoms with Crippen LogP contribution >= 0.6 is 0 Å². The summed E-state index contributed by atoms with van der Waals surface area (Å²) >= 11 is 0. The molecule has 0 aliphatic rings. The largest absolute Gasteiger partial charge is 0.316 e. The molecule has 0 unspecified atom stereocenters. The Morgan fingerprint density at radius 1 is 1.42 bits per heavy atom. The fourth-order valence-electron chi connectivity index (χ4n) is 1.90. The Balaban J connectivity index is 2.78. The van der Waals surface area contributed by atoms with Crippen molar-refractivity contribution in [1.82, 2.24) is 14.6 Å². The third kappa shape index (κ3) is 4.89. The van der Waals surface area contributed by atoms with E-state index in [2.05, 4.69) is 10.3 Å². The van der Waals surface area contributed by atoms with Gasteiger partial charge in [-0.05, 0) is 25.1 Å². The highest BCUT2D eigenvalue weighted by atomic mass is 32.2. The van der Waals surface area contributed by atoms with Crippen LogP contribution in [0.15, 0.2) is 24.5 Å². The van der Waals surface area contributed by atoms with E-state index >= 15 is 0 Å². The summed E-state index contributed by atoms with van der Waals surface area (Å²) in [6.07, 6.45) is 4.14. The summed E-state index contributed by atoms with van der Waals surface area (Å²) in [6.45, 7) is 4.90. The van der Waals surface area contributed by atoms with Crippen molar-refractivity contribution < 1.29 is 8.42 Å². The lowest BCUT2D eigenvalue weighted by Crippen LogP contribution is -2.42. The first kappa shape index (κ1) is 16.1. The fraction of sp³-hybridized carbons (Fsp3) is 0.615. The van der Waals surface area contributed by atoms with E-state index in [-0.39, 0.29) is 11.8 Å². The second kappa shape index (κ2) is 7.57. The molecule has 1 N–H and O–H groups in total. The molecule has 5 nitrogen and oxygen atoms in total. The van der Waals surface area contributed by atoms with Gasteiger partial charge in [0, 0.05) is 31.5 Å². The van der Waals surface area contributed by atoms with Crippen molar-refractivity contribution in [2.75, 3.05) is 20.1 Å². The first-order valence-electron chi connectivity index (χ1n) is 6.57. The molecule has 0 aromatic carbocycles. The Labute approximate surface area is 116 Å². The van der Waals surface area contributed by atoms with Gasteiger partial charge in [-0.3, -0.25) is 4.98 Å². The molecule has 0 fully saturated rings. The molecule has 6 heteroatoms. The predicted molar refractivity (Wildman–Crippen MR) is 77.2 cm³/mol. The van der Waals surface area contributed by atoms with Crippen molar-refractivity contribution in [3.05, 3.63) is 30.1 Å². The number of hydrogen-bond donors (Lipinski definition) is 1. The molecule has 0 spiro atoms. The third-order valence-electron chi connectivity index (χ3n) is 3.14.